The molecule has 25 heavy (non-hydrogen) atoms. The maximum absolute atomic E-state index is 5.21. The molecule has 1 N–H and O–H groups in total. The van der Waals surface area contributed by atoms with Gasteiger partial charge >= 0.3 is 0 Å². The number of rotatable bonds is 5. The number of nitrogens with one attached hydrogen (secondary N) is 1. The fourth-order valence-corrected chi connectivity index (χ4v) is 3.26. The lowest BCUT2D eigenvalue weighted by Gasteiger charge is -2.35. The van der Waals surface area contributed by atoms with E-state index in [9.17, 15) is 0 Å². The molecule has 0 aliphatic carbocycles. The van der Waals surface area contributed by atoms with Gasteiger partial charge in [-0.05, 0) is 13.0 Å². The molecule has 0 spiro atoms. The third kappa shape index (κ3) is 3.39. The number of fused-ring (bicyclic) bond motifs is 1. The predicted molar refractivity (Wildman–Crippen MR) is 91.7 cm³/mol. The van der Waals surface area contributed by atoms with Crippen LogP contribution < -0.4 is 5.32 Å². The maximum Gasteiger partial charge on any atom is 0.222 e. The van der Waals surface area contributed by atoms with Gasteiger partial charge in [0.05, 0.1) is 17.7 Å². The summed E-state index contributed by atoms with van der Waals surface area (Å²) in [6, 6.07) is 4.09. The quantitative estimate of drug-likeness (QED) is 0.755. The number of hydrogen-bond donors (Lipinski definition) is 1. The molecule has 3 aromatic heterocycles. The summed E-state index contributed by atoms with van der Waals surface area (Å²) in [6.07, 6.45) is 6.29. The number of nitrogens with zero attached hydrogens (tertiary/aromatic N) is 6. The Balaban J connectivity index is 1.52. The smallest absolute Gasteiger partial charge is 0.222 e. The average molecular weight is 339 g/mol. The van der Waals surface area contributed by atoms with Gasteiger partial charge in [0.25, 0.3) is 0 Å². The highest BCUT2D eigenvalue weighted by Crippen LogP contribution is 2.24. The van der Waals surface area contributed by atoms with Crippen molar-refractivity contribution in [1.29, 1.82) is 0 Å². The van der Waals surface area contributed by atoms with Gasteiger partial charge in [0.15, 0.2) is 0 Å². The zero-order valence-corrected chi connectivity index (χ0v) is 14.4. The number of anilines is 1. The summed E-state index contributed by atoms with van der Waals surface area (Å²) in [5.74, 6) is 1.48. The van der Waals surface area contributed by atoms with Crippen molar-refractivity contribution < 1.29 is 4.52 Å². The minimum absolute atomic E-state index is 0.295. The third-order valence-electron chi connectivity index (χ3n) is 4.55. The molecule has 0 aromatic carbocycles. The van der Waals surface area contributed by atoms with Crippen LogP contribution in [-0.4, -0.2) is 42.2 Å². The van der Waals surface area contributed by atoms with Gasteiger partial charge in [0.1, 0.15) is 5.76 Å². The Hall–Kier alpha value is -2.74. The van der Waals surface area contributed by atoms with Gasteiger partial charge < -0.3 is 14.4 Å². The first-order valence-corrected chi connectivity index (χ1v) is 8.35. The van der Waals surface area contributed by atoms with Crippen LogP contribution in [0.2, 0.25) is 0 Å². The van der Waals surface area contributed by atoms with Crippen LogP contribution in [0.3, 0.4) is 0 Å². The van der Waals surface area contributed by atoms with Gasteiger partial charge in [0, 0.05) is 63.3 Å². The monoisotopic (exact) mass is 339 g/mol. The van der Waals surface area contributed by atoms with Gasteiger partial charge in [0.2, 0.25) is 5.95 Å². The molecular formula is C17H21N7O. The molecule has 0 bridgehead atoms. The molecule has 0 amide bonds. The van der Waals surface area contributed by atoms with E-state index in [0.29, 0.717) is 12.0 Å². The average Bonchev–Trinajstić information content (AvgIpc) is 3.19. The van der Waals surface area contributed by atoms with E-state index in [0.717, 1.165) is 43.2 Å². The Morgan fingerprint density at radius 2 is 2.12 bits per heavy atom. The number of hydrogen-bond acceptors (Lipinski definition) is 7. The first kappa shape index (κ1) is 15.8. The molecule has 0 saturated carbocycles. The third-order valence-corrected chi connectivity index (χ3v) is 4.55. The SMILES string of the molecule is Cc1cc(CN2Cc3ncn(C)c3C[C@H]2CNc2ncccn2)no1. The van der Waals surface area contributed by atoms with Crippen molar-refractivity contribution in [2.24, 2.45) is 7.05 Å². The molecule has 4 heterocycles. The van der Waals surface area contributed by atoms with Crippen molar-refractivity contribution in [3.63, 3.8) is 0 Å². The topological polar surface area (TPSA) is 84.9 Å². The van der Waals surface area contributed by atoms with Gasteiger partial charge in [-0.2, -0.15) is 0 Å². The van der Waals surface area contributed by atoms with Crippen LogP contribution in [0, 0.1) is 6.92 Å². The normalized spacial score (nSPS) is 17.4. The Morgan fingerprint density at radius 1 is 1.28 bits per heavy atom. The highest BCUT2D eigenvalue weighted by Gasteiger charge is 2.29. The van der Waals surface area contributed by atoms with Crippen LogP contribution in [0.15, 0.2) is 35.4 Å². The molecule has 1 atom stereocenters. The fourth-order valence-electron chi connectivity index (χ4n) is 3.26. The van der Waals surface area contributed by atoms with E-state index in [1.165, 1.54) is 5.69 Å². The fraction of sp³-hybridized carbons (Fsp3) is 0.412. The number of aryl methyl sites for hydroxylation is 2. The minimum atomic E-state index is 0.295. The van der Waals surface area contributed by atoms with Crippen molar-refractivity contribution in [2.75, 3.05) is 11.9 Å². The molecule has 4 rings (SSSR count). The Kier molecular flexibility index (Phi) is 4.19. The summed E-state index contributed by atoms with van der Waals surface area (Å²) in [5.41, 5.74) is 3.36. The molecular weight excluding hydrogens is 318 g/mol. The lowest BCUT2D eigenvalue weighted by molar-refractivity contribution is 0.161. The van der Waals surface area contributed by atoms with Crippen molar-refractivity contribution in [1.82, 2.24) is 29.6 Å². The molecule has 1 aliphatic rings. The number of imidazole rings is 1. The van der Waals surface area contributed by atoms with Crippen LogP contribution in [-0.2, 0) is 26.6 Å². The predicted octanol–water partition coefficient (Wildman–Crippen LogP) is 1.55. The molecule has 8 nitrogen and oxygen atoms in total. The van der Waals surface area contributed by atoms with Gasteiger partial charge in [-0.3, -0.25) is 4.90 Å². The van der Waals surface area contributed by atoms with Crippen molar-refractivity contribution in [3.05, 3.63) is 53.7 Å². The van der Waals surface area contributed by atoms with Crippen LogP contribution in [0.1, 0.15) is 22.8 Å². The second-order valence-corrected chi connectivity index (χ2v) is 6.39. The summed E-state index contributed by atoms with van der Waals surface area (Å²) in [7, 11) is 2.05. The summed E-state index contributed by atoms with van der Waals surface area (Å²) < 4.78 is 7.32. The second-order valence-electron chi connectivity index (χ2n) is 6.39. The summed E-state index contributed by atoms with van der Waals surface area (Å²) in [5, 5.41) is 7.48. The molecule has 0 radical (unpaired) electrons. The molecule has 3 aromatic rings. The van der Waals surface area contributed by atoms with E-state index in [4.69, 9.17) is 4.52 Å². The molecule has 130 valence electrons. The largest absolute Gasteiger partial charge is 0.361 e. The van der Waals surface area contributed by atoms with E-state index in [1.807, 2.05) is 32.4 Å². The standard InChI is InChI=1S/C17H21N7O/c1-12-6-13(22-25-12)9-24-10-15-16(23(2)11-21-15)7-14(24)8-20-17-18-4-3-5-19-17/h3-6,11,14H,7-10H2,1-2H3,(H,18,19,20)/t14-/m0/s1. The second kappa shape index (κ2) is 6.64. The molecule has 0 saturated heterocycles. The van der Waals surface area contributed by atoms with Crippen molar-refractivity contribution in [2.45, 2.75) is 32.5 Å². The van der Waals surface area contributed by atoms with Crippen LogP contribution in [0.4, 0.5) is 5.95 Å². The summed E-state index contributed by atoms with van der Waals surface area (Å²) in [4.78, 5) is 15.4. The summed E-state index contributed by atoms with van der Waals surface area (Å²) >= 11 is 0. The lowest BCUT2D eigenvalue weighted by Crippen LogP contribution is -2.44. The van der Waals surface area contributed by atoms with E-state index in [-0.39, 0.29) is 0 Å². The lowest BCUT2D eigenvalue weighted by atomic mass is 10.0. The first-order valence-electron chi connectivity index (χ1n) is 8.35. The van der Waals surface area contributed by atoms with Gasteiger partial charge in [-0.1, -0.05) is 5.16 Å². The van der Waals surface area contributed by atoms with Gasteiger partial charge in [-0.25, -0.2) is 15.0 Å². The zero-order valence-electron chi connectivity index (χ0n) is 14.4. The number of aromatic nitrogens is 5. The molecule has 0 unspecified atom stereocenters. The highest BCUT2D eigenvalue weighted by atomic mass is 16.5. The van der Waals surface area contributed by atoms with Crippen LogP contribution in [0.25, 0.3) is 0 Å². The highest BCUT2D eigenvalue weighted by molar-refractivity contribution is 5.25. The maximum atomic E-state index is 5.21. The summed E-state index contributed by atoms with van der Waals surface area (Å²) in [6.45, 7) is 4.19. The van der Waals surface area contributed by atoms with Crippen molar-refractivity contribution >= 4 is 5.95 Å². The Morgan fingerprint density at radius 3 is 2.88 bits per heavy atom. The Labute approximate surface area is 145 Å². The van der Waals surface area contributed by atoms with E-state index >= 15 is 0 Å². The Bertz CT molecular complexity index is 842. The minimum Gasteiger partial charge on any atom is -0.361 e. The molecule has 0 fully saturated rings. The van der Waals surface area contributed by atoms with E-state index in [1.54, 1.807) is 12.4 Å². The molecule has 8 heteroatoms. The zero-order chi connectivity index (χ0) is 17.2. The van der Waals surface area contributed by atoms with E-state index < -0.39 is 0 Å². The van der Waals surface area contributed by atoms with E-state index in [2.05, 4.69) is 34.9 Å². The van der Waals surface area contributed by atoms with Crippen LogP contribution >= 0.6 is 0 Å². The van der Waals surface area contributed by atoms with Gasteiger partial charge in [-0.15, -0.1) is 0 Å². The molecule has 1 aliphatic heterocycles. The van der Waals surface area contributed by atoms with Crippen molar-refractivity contribution in [3.8, 4) is 0 Å². The van der Waals surface area contributed by atoms with Crippen LogP contribution in [0.5, 0.6) is 0 Å². The first-order chi connectivity index (χ1) is 12.2.